The second kappa shape index (κ2) is 12.1. The normalized spacial score (nSPS) is 23.9. The maximum atomic E-state index is 13.5. The number of nitrogens with one attached hydrogen (secondary N) is 1. The Morgan fingerprint density at radius 2 is 1.87 bits per heavy atom. The van der Waals surface area contributed by atoms with Crippen molar-refractivity contribution in [1.82, 2.24) is 9.62 Å². The third kappa shape index (κ3) is 6.82. The second-order valence-corrected chi connectivity index (χ2v) is 12.1. The molecule has 1 aliphatic carbocycles. The molecule has 1 aromatic rings. The summed E-state index contributed by atoms with van der Waals surface area (Å²) < 4.78 is 77.8. The van der Waals surface area contributed by atoms with Gasteiger partial charge in [0.15, 0.2) is 5.79 Å². The quantitative estimate of drug-likeness (QED) is 0.411. The molecule has 0 amide bonds. The van der Waals surface area contributed by atoms with Gasteiger partial charge < -0.3 is 24.3 Å². The van der Waals surface area contributed by atoms with Gasteiger partial charge in [0.2, 0.25) is 15.9 Å². The second-order valence-electron chi connectivity index (χ2n) is 10.3. The van der Waals surface area contributed by atoms with Gasteiger partial charge >= 0.3 is 5.97 Å². The average molecular weight is 561 g/mol. The van der Waals surface area contributed by atoms with Gasteiger partial charge in [-0.3, -0.25) is 4.79 Å². The molecule has 2 aliphatic heterocycles. The number of methoxy groups -OCH3 is 1. The lowest BCUT2D eigenvalue weighted by atomic mass is 9.92. The van der Waals surface area contributed by atoms with Crippen LogP contribution in [0.5, 0.6) is 5.75 Å². The number of alkyl halides is 2. The summed E-state index contributed by atoms with van der Waals surface area (Å²) >= 11 is 0. The zero-order valence-corrected chi connectivity index (χ0v) is 22.9. The van der Waals surface area contributed by atoms with Gasteiger partial charge in [-0.25, -0.2) is 17.2 Å². The van der Waals surface area contributed by atoms with E-state index in [0.717, 1.165) is 5.56 Å². The third-order valence-corrected chi connectivity index (χ3v) is 9.52. The van der Waals surface area contributed by atoms with E-state index < -0.39 is 33.7 Å². The van der Waals surface area contributed by atoms with Crippen molar-refractivity contribution in [3.05, 3.63) is 23.8 Å². The summed E-state index contributed by atoms with van der Waals surface area (Å²) in [7, 11) is -2.76. The number of esters is 1. The van der Waals surface area contributed by atoms with Crippen molar-refractivity contribution in [3.8, 4) is 5.75 Å². The molecule has 3 fully saturated rings. The Morgan fingerprint density at radius 3 is 2.55 bits per heavy atom. The van der Waals surface area contributed by atoms with Crippen LogP contribution in [0.2, 0.25) is 0 Å². The van der Waals surface area contributed by atoms with Crippen LogP contribution in [0.4, 0.5) is 8.78 Å². The van der Waals surface area contributed by atoms with Crippen LogP contribution < -0.4 is 10.1 Å². The molecule has 1 atom stereocenters. The number of halogens is 2. The molecule has 38 heavy (non-hydrogen) atoms. The minimum atomic E-state index is -4.01. The molecule has 1 N–H and O–H groups in total. The van der Waals surface area contributed by atoms with E-state index >= 15 is 0 Å². The number of benzene rings is 1. The first-order valence-corrected chi connectivity index (χ1v) is 14.7. The lowest BCUT2D eigenvalue weighted by Crippen LogP contribution is -2.41. The number of sulfonamides is 1. The number of ether oxygens (including phenoxy) is 4. The number of nitrogens with zero attached hydrogens (tertiary/aromatic N) is 1. The highest BCUT2D eigenvalue weighted by atomic mass is 32.2. The first kappa shape index (κ1) is 29.1. The van der Waals surface area contributed by atoms with Crippen molar-refractivity contribution in [1.29, 1.82) is 0 Å². The first-order valence-electron chi connectivity index (χ1n) is 13.3. The van der Waals surface area contributed by atoms with Gasteiger partial charge in [0.1, 0.15) is 16.7 Å². The Balaban J connectivity index is 1.38. The van der Waals surface area contributed by atoms with Crippen molar-refractivity contribution in [2.45, 2.75) is 87.0 Å². The SMILES string of the molecule is COC(=O)[C@@H]1CCCN1S(=O)(=O)c1ccc(C)cc1OCCC1(CCNC2CCC(F)(F)CC2)OCCO1. The van der Waals surface area contributed by atoms with Crippen LogP contribution >= 0.6 is 0 Å². The van der Waals surface area contributed by atoms with Gasteiger partial charge in [-0.05, 0) is 50.3 Å². The summed E-state index contributed by atoms with van der Waals surface area (Å²) in [5.74, 6) is -3.83. The lowest BCUT2D eigenvalue weighted by molar-refractivity contribution is -0.170. The van der Waals surface area contributed by atoms with Gasteiger partial charge in [-0.2, -0.15) is 4.31 Å². The zero-order chi connectivity index (χ0) is 27.4. The Hall–Kier alpha value is -1.86. The minimum absolute atomic E-state index is 0.00280. The smallest absolute Gasteiger partial charge is 0.324 e. The van der Waals surface area contributed by atoms with Gasteiger partial charge in [0, 0.05) is 44.8 Å². The van der Waals surface area contributed by atoms with Crippen molar-refractivity contribution < 1.29 is 40.9 Å². The molecule has 4 rings (SSSR count). The zero-order valence-electron chi connectivity index (χ0n) is 22.0. The van der Waals surface area contributed by atoms with E-state index in [4.69, 9.17) is 18.9 Å². The topological polar surface area (TPSA) is 103 Å². The van der Waals surface area contributed by atoms with Crippen LogP contribution in [0.15, 0.2) is 23.1 Å². The average Bonchev–Trinajstić information content (AvgIpc) is 3.55. The molecule has 0 spiro atoms. The van der Waals surface area contributed by atoms with Crippen LogP contribution in [0.3, 0.4) is 0 Å². The van der Waals surface area contributed by atoms with Gasteiger partial charge in [0.05, 0.1) is 26.9 Å². The molecule has 12 heteroatoms. The number of rotatable bonds is 11. The van der Waals surface area contributed by atoms with Crippen molar-refractivity contribution in [3.63, 3.8) is 0 Å². The molecular weight excluding hydrogens is 522 g/mol. The van der Waals surface area contributed by atoms with Crippen LogP contribution in [-0.4, -0.2) is 82.5 Å². The fraction of sp³-hybridized carbons (Fsp3) is 0.731. The molecular formula is C26H38F2N2O7S. The molecule has 0 unspecified atom stereocenters. The number of carbonyl (C=O) groups is 1. The minimum Gasteiger partial charge on any atom is -0.492 e. The molecule has 214 valence electrons. The highest BCUT2D eigenvalue weighted by Gasteiger charge is 2.42. The summed E-state index contributed by atoms with van der Waals surface area (Å²) in [5, 5.41) is 3.35. The Kier molecular flexibility index (Phi) is 9.29. The monoisotopic (exact) mass is 560 g/mol. The molecule has 0 radical (unpaired) electrons. The fourth-order valence-electron chi connectivity index (χ4n) is 5.41. The Morgan fingerprint density at radius 1 is 1.16 bits per heavy atom. The molecule has 2 saturated heterocycles. The highest BCUT2D eigenvalue weighted by Crippen LogP contribution is 2.35. The number of hydrogen-bond acceptors (Lipinski definition) is 8. The summed E-state index contributed by atoms with van der Waals surface area (Å²) in [4.78, 5) is 12.2. The molecule has 1 saturated carbocycles. The van der Waals surface area contributed by atoms with Crippen molar-refractivity contribution >= 4 is 16.0 Å². The van der Waals surface area contributed by atoms with E-state index in [-0.39, 0.29) is 42.7 Å². The highest BCUT2D eigenvalue weighted by molar-refractivity contribution is 7.89. The summed E-state index contributed by atoms with van der Waals surface area (Å²) in [6.07, 6.45) is 2.51. The van der Waals surface area contributed by atoms with Gasteiger partial charge in [-0.15, -0.1) is 0 Å². The van der Waals surface area contributed by atoms with Crippen molar-refractivity contribution in [2.24, 2.45) is 0 Å². The third-order valence-electron chi connectivity index (χ3n) is 7.57. The number of carbonyl (C=O) groups excluding carboxylic acids is 1. The van der Waals surface area contributed by atoms with Crippen molar-refractivity contribution in [2.75, 3.05) is 40.0 Å². The molecule has 0 aromatic heterocycles. The maximum absolute atomic E-state index is 13.5. The summed E-state index contributed by atoms with van der Waals surface area (Å²) in [6, 6.07) is 4.05. The van der Waals surface area contributed by atoms with E-state index in [1.807, 2.05) is 6.92 Å². The van der Waals surface area contributed by atoms with Gasteiger partial charge in [-0.1, -0.05) is 6.07 Å². The fourth-order valence-corrected chi connectivity index (χ4v) is 7.17. The van der Waals surface area contributed by atoms with Crippen LogP contribution in [0, 0.1) is 6.92 Å². The molecule has 1 aromatic carbocycles. The molecule has 3 aliphatic rings. The van der Waals surface area contributed by atoms with E-state index in [9.17, 15) is 22.0 Å². The number of aryl methyl sites for hydroxylation is 1. The van der Waals surface area contributed by atoms with Gasteiger partial charge in [0.25, 0.3) is 0 Å². The predicted molar refractivity (Wildman–Crippen MR) is 135 cm³/mol. The van der Waals surface area contributed by atoms with E-state index in [1.54, 1.807) is 12.1 Å². The van der Waals surface area contributed by atoms with Crippen LogP contribution in [0.25, 0.3) is 0 Å². The molecule has 0 bridgehead atoms. The van der Waals surface area contributed by atoms with E-state index in [0.29, 0.717) is 58.3 Å². The van der Waals surface area contributed by atoms with E-state index in [2.05, 4.69) is 5.32 Å². The lowest BCUT2D eigenvalue weighted by Gasteiger charge is -2.31. The predicted octanol–water partition coefficient (Wildman–Crippen LogP) is 3.39. The first-order chi connectivity index (χ1) is 18.1. The number of hydrogen-bond donors (Lipinski definition) is 1. The van der Waals surface area contributed by atoms with Crippen LogP contribution in [0.1, 0.15) is 56.9 Å². The standard InChI is InChI=1S/C26H38F2N2O7S/c1-19-5-6-23(38(32,33)30-14-3-4-21(30)24(31)34-2)22(18-19)35-15-12-26(36-16-17-37-26)11-13-29-20-7-9-25(27,28)10-8-20/h5-6,18,20-21,29H,3-4,7-17H2,1-2H3/t21-/m0/s1. The van der Waals surface area contributed by atoms with Crippen LogP contribution in [-0.2, 0) is 29.0 Å². The maximum Gasteiger partial charge on any atom is 0.324 e. The van der Waals surface area contributed by atoms with E-state index in [1.165, 1.54) is 17.5 Å². The Labute approximate surface area is 223 Å². The molecule has 9 nitrogen and oxygen atoms in total. The summed E-state index contributed by atoms with van der Waals surface area (Å²) in [6.45, 7) is 3.62. The molecule has 2 heterocycles. The summed E-state index contributed by atoms with van der Waals surface area (Å²) in [5.41, 5.74) is 0.829. The largest absolute Gasteiger partial charge is 0.492 e. The Bertz CT molecular complexity index is 1070.